The Morgan fingerprint density at radius 3 is 3.05 bits per heavy atom. The van der Waals surface area contributed by atoms with Gasteiger partial charge in [0.25, 0.3) is 0 Å². The number of nitrogens with one attached hydrogen (secondary N) is 1. The molecular weight excluding hydrogens is 244 g/mol. The molecule has 0 radical (unpaired) electrons. The van der Waals surface area contributed by atoms with Crippen LogP contribution < -0.4 is 5.32 Å². The van der Waals surface area contributed by atoms with Crippen LogP contribution in [-0.2, 0) is 17.8 Å². The van der Waals surface area contributed by atoms with Crippen molar-refractivity contribution in [3.8, 4) is 0 Å². The molecule has 6 nitrogen and oxygen atoms in total. The zero-order valence-corrected chi connectivity index (χ0v) is 11.6. The first-order valence-corrected chi connectivity index (χ1v) is 6.52. The highest BCUT2D eigenvalue weighted by atomic mass is 16.5. The molecule has 1 amide bonds. The highest BCUT2D eigenvalue weighted by Crippen LogP contribution is 2.08. The summed E-state index contributed by atoms with van der Waals surface area (Å²) in [4.78, 5) is 18.0. The maximum Gasteiger partial charge on any atom is 0.243 e. The molecule has 0 aromatic carbocycles. The Kier molecular flexibility index (Phi) is 4.31. The molecule has 2 rings (SSSR count). The lowest BCUT2D eigenvalue weighted by molar-refractivity contribution is -0.131. The van der Waals surface area contributed by atoms with Crippen LogP contribution in [-0.4, -0.2) is 40.6 Å². The van der Waals surface area contributed by atoms with E-state index in [9.17, 15) is 4.79 Å². The molecule has 19 heavy (non-hydrogen) atoms. The molecule has 1 aromatic rings. The van der Waals surface area contributed by atoms with E-state index in [2.05, 4.69) is 29.3 Å². The highest BCUT2D eigenvalue weighted by molar-refractivity contribution is 5.84. The predicted molar refractivity (Wildman–Crippen MR) is 70.2 cm³/mol. The van der Waals surface area contributed by atoms with Crippen molar-refractivity contribution < 1.29 is 9.32 Å². The van der Waals surface area contributed by atoms with Crippen molar-refractivity contribution in [3.05, 3.63) is 23.9 Å². The first-order chi connectivity index (χ1) is 9.06. The topological polar surface area (TPSA) is 71.3 Å². The lowest BCUT2D eigenvalue weighted by atomic mass is 10.1. The van der Waals surface area contributed by atoms with Gasteiger partial charge in [-0.25, -0.2) is 0 Å². The molecule has 2 heterocycles. The third-order valence-corrected chi connectivity index (χ3v) is 2.90. The van der Waals surface area contributed by atoms with Gasteiger partial charge in [-0.05, 0) is 5.92 Å². The van der Waals surface area contributed by atoms with Crippen LogP contribution in [0.25, 0.3) is 0 Å². The molecule has 0 bridgehead atoms. The number of carbonyl (C=O) groups is 1. The molecule has 104 valence electrons. The fourth-order valence-electron chi connectivity index (χ4n) is 1.95. The van der Waals surface area contributed by atoms with Crippen molar-refractivity contribution in [2.75, 3.05) is 13.6 Å². The van der Waals surface area contributed by atoms with E-state index in [0.29, 0.717) is 24.2 Å². The van der Waals surface area contributed by atoms with Crippen molar-refractivity contribution in [2.45, 2.75) is 32.9 Å². The molecule has 0 spiro atoms. The summed E-state index contributed by atoms with van der Waals surface area (Å²) in [7, 11) is 1.74. The third kappa shape index (κ3) is 3.64. The summed E-state index contributed by atoms with van der Waals surface area (Å²) in [5.41, 5.74) is 0. The van der Waals surface area contributed by atoms with Gasteiger partial charge in [0, 0.05) is 20.0 Å². The van der Waals surface area contributed by atoms with Crippen molar-refractivity contribution in [2.24, 2.45) is 5.92 Å². The van der Waals surface area contributed by atoms with Crippen molar-refractivity contribution in [1.82, 2.24) is 20.4 Å². The Hall–Kier alpha value is -1.69. The minimum atomic E-state index is -0.230. The number of hydrogen-bond acceptors (Lipinski definition) is 5. The van der Waals surface area contributed by atoms with Crippen molar-refractivity contribution in [1.29, 1.82) is 0 Å². The number of carbonyl (C=O) groups excluding carboxylic acids is 1. The molecule has 1 aliphatic rings. The van der Waals surface area contributed by atoms with E-state index in [1.54, 1.807) is 11.9 Å². The molecule has 0 aliphatic carbocycles. The molecule has 0 fully saturated rings. The van der Waals surface area contributed by atoms with Crippen LogP contribution in [0.3, 0.4) is 0 Å². The largest absolute Gasteiger partial charge is 0.339 e. The molecule has 0 saturated heterocycles. The van der Waals surface area contributed by atoms with Crippen LogP contribution in [0.5, 0.6) is 0 Å². The standard InChI is InChI=1S/C13H20N4O2/c1-9(2)7-12-15-11(16-19-12)8-17(3)13(18)10-5-4-6-14-10/h4-5,9-10,14H,6-8H2,1-3H3. The normalized spacial score (nSPS) is 18.2. The van der Waals surface area contributed by atoms with Gasteiger partial charge in [-0.3, -0.25) is 10.1 Å². The fraction of sp³-hybridized carbons (Fsp3) is 0.615. The summed E-state index contributed by atoms with van der Waals surface area (Å²) in [6.07, 6.45) is 4.59. The SMILES string of the molecule is CC(C)Cc1nc(CN(C)C(=O)C2C=CCN2)no1. The Bertz CT molecular complexity index is 467. The summed E-state index contributed by atoms with van der Waals surface area (Å²) in [5.74, 6) is 1.67. The molecule has 0 saturated carbocycles. The Labute approximate surface area is 112 Å². The number of amides is 1. The van der Waals surface area contributed by atoms with Crippen molar-refractivity contribution >= 4 is 5.91 Å². The Morgan fingerprint density at radius 1 is 1.63 bits per heavy atom. The summed E-state index contributed by atoms with van der Waals surface area (Å²) in [6.45, 7) is 5.30. The van der Waals surface area contributed by atoms with E-state index in [1.807, 2.05) is 12.2 Å². The zero-order chi connectivity index (χ0) is 13.8. The van der Waals surface area contributed by atoms with E-state index in [-0.39, 0.29) is 11.9 Å². The number of hydrogen-bond donors (Lipinski definition) is 1. The van der Waals surface area contributed by atoms with Gasteiger partial charge in [-0.1, -0.05) is 31.2 Å². The molecule has 1 atom stereocenters. The summed E-state index contributed by atoms with van der Waals surface area (Å²) in [5, 5.41) is 6.99. The van der Waals surface area contributed by atoms with Gasteiger partial charge >= 0.3 is 0 Å². The minimum absolute atomic E-state index is 0.0176. The summed E-state index contributed by atoms with van der Waals surface area (Å²) < 4.78 is 5.15. The average molecular weight is 264 g/mol. The molecular formula is C13H20N4O2. The van der Waals surface area contributed by atoms with Gasteiger partial charge in [0.1, 0.15) is 6.04 Å². The van der Waals surface area contributed by atoms with Crippen LogP contribution in [0.15, 0.2) is 16.7 Å². The van der Waals surface area contributed by atoms with Gasteiger partial charge in [-0.15, -0.1) is 0 Å². The van der Waals surface area contributed by atoms with E-state index < -0.39 is 0 Å². The Morgan fingerprint density at radius 2 is 2.42 bits per heavy atom. The van der Waals surface area contributed by atoms with E-state index in [4.69, 9.17) is 4.52 Å². The molecule has 1 aromatic heterocycles. The monoisotopic (exact) mass is 264 g/mol. The van der Waals surface area contributed by atoms with Crippen LogP contribution in [0, 0.1) is 5.92 Å². The van der Waals surface area contributed by atoms with Gasteiger partial charge in [0.2, 0.25) is 11.8 Å². The first-order valence-electron chi connectivity index (χ1n) is 6.52. The number of likely N-dealkylation sites (N-methyl/N-ethyl adjacent to an activating group) is 1. The number of aromatic nitrogens is 2. The average Bonchev–Trinajstić information content (AvgIpc) is 2.98. The van der Waals surface area contributed by atoms with Crippen LogP contribution in [0.1, 0.15) is 25.6 Å². The van der Waals surface area contributed by atoms with Gasteiger partial charge in [-0.2, -0.15) is 4.98 Å². The Balaban J connectivity index is 1.91. The lowest BCUT2D eigenvalue weighted by Gasteiger charge is -2.18. The molecule has 1 aliphatic heterocycles. The second kappa shape index (κ2) is 5.97. The second-order valence-electron chi connectivity index (χ2n) is 5.21. The van der Waals surface area contributed by atoms with Crippen LogP contribution in [0.4, 0.5) is 0 Å². The molecule has 1 N–H and O–H groups in total. The van der Waals surface area contributed by atoms with Gasteiger partial charge in [0.15, 0.2) is 5.82 Å². The maximum atomic E-state index is 12.1. The number of nitrogens with zero attached hydrogens (tertiary/aromatic N) is 3. The van der Waals surface area contributed by atoms with E-state index >= 15 is 0 Å². The lowest BCUT2D eigenvalue weighted by Crippen LogP contribution is -2.41. The second-order valence-corrected chi connectivity index (χ2v) is 5.21. The smallest absolute Gasteiger partial charge is 0.243 e. The molecule has 1 unspecified atom stereocenters. The minimum Gasteiger partial charge on any atom is -0.339 e. The molecule has 6 heteroatoms. The van der Waals surface area contributed by atoms with Gasteiger partial charge < -0.3 is 9.42 Å². The van der Waals surface area contributed by atoms with Crippen molar-refractivity contribution in [3.63, 3.8) is 0 Å². The fourth-order valence-corrected chi connectivity index (χ4v) is 1.95. The maximum absolute atomic E-state index is 12.1. The van der Waals surface area contributed by atoms with Gasteiger partial charge in [0.05, 0.1) is 6.54 Å². The van der Waals surface area contributed by atoms with E-state index in [0.717, 1.165) is 13.0 Å². The third-order valence-electron chi connectivity index (χ3n) is 2.90. The van der Waals surface area contributed by atoms with Crippen LogP contribution in [0.2, 0.25) is 0 Å². The predicted octanol–water partition coefficient (Wildman–Crippen LogP) is 0.754. The summed E-state index contributed by atoms with van der Waals surface area (Å²) >= 11 is 0. The zero-order valence-electron chi connectivity index (χ0n) is 11.6. The quantitative estimate of drug-likeness (QED) is 0.795. The first kappa shape index (κ1) is 13.7. The highest BCUT2D eigenvalue weighted by Gasteiger charge is 2.22. The summed E-state index contributed by atoms with van der Waals surface area (Å²) in [6, 6.07) is -0.230. The van der Waals surface area contributed by atoms with E-state index in [1.165, 1.54) is 0 Å². The van der Waals surface area contributed by atoms with Crippen LogP contribution >= 0.6 is 0 Å². The number of rotatable bonds is 5.